The summed E-state index contributed by atoms with van der Waals surface area (Å²) in [5.74, 6) is 0.0872. The third-order valence-electron chi connectivity index (χ3n) is 5.74. The van der Waals surface area contributed by atoms with E-state index in [-0.39, 0.29) is 11.5 Å². The Balaban J connectivity index is 1.89. The molecule has 1 aliphatic rings. The first-order valence-electron chi connectivity index (χ1n) is 10.6. The second-order valence-electron chi connectivity index (χ2n) is 7.94. The van der Waals surface area contributed by atoms with Gasteiger partial charge in [-0.1, -0.05) is 67.4 Å². The maximum absolute atomic E-state index is 12.5. The Morgan fingerprint density at radius 1 is 1.13 bits per heavy atom. The van der Waals surface area contributed by atoms with E-state index in [1.807, 2.05) is 55.5 Å². The SMILES string of the molecule is CCCC1=C([C@H](O)CC/C(=C/c2ccccc2O)c2ccccc2)[C@H](CO)S(=O)(=O)C1. The first-order chi connectivity index (χ1) is 14.9. The molecule has 0 amide bonds. The van der Waals surface area contributed by atoms with Crippen molar-refractivity contribution in [2.45, 2.75) is 44.0 Å². The molecule has 5 nitrogen and oxygen atoms in total. The van der Waals surface area contributed by atoms with Crippen LogP contribution in [0.5, 0.6) is 5.75 Å². The van der Waals surface area contributed by atoms with Crippen LogP contribution in [0.1, 0.15) is 43.7 Å². The number of sulfone groups is 1. The van der Waals surface area contributed by atoms with Crippen LogP contribution in [0.2, 0.25) is 0 Å². The van der Waals surface area contributed by atoms with Crippen LogP contribution in [-0.4, -0.2) is 47.5 Å². The molecule has 0 aliphatic carbocycles. The average Bonchev–Trinajstić information content (AvgIpc) is 3.02. The highest BCUT2D eigenvalue weighted by atomic mass is 32.2. The summed E-state index contributed by atoms with van der Waals surface area (Å²) >= 11 is 0. The van der Waals surface area contributed by atoms with Crippen molar-refractivity contribution < 1.29 is 23.7 Å². The van der Waals surface area contributed by atoms with Crippen LogP contribution in [0.15, 0.2) is 65.7 Å². The van der Waals surface area contributed by atoms with Crippen LogP contribution < -0.4 is 0 Å². The molecule has 166 valence electrons. The summed E-state index contributed by atoms with van der Waals surface area (Å²) in [5.41, 5.74) is 3.79. The number of hydrogen-bond acceptors (Lipinski definition) is 5. The molecule has 0 radical (unpaired) electrons. The van der Waals surface area contributed by atoms with Gasteiger partial charge in [0.15, 0.2) is 9.84 Å². The quantitative estimate of drug-likeness (QED) is 0.404. The summed E-state index contributed by atoms with van der Waals surface area (Å²) < 4.78 is 25.0. The lowest BCUT2D eigenvalue weighted by Gasteiger charge is -2.20. The van der Waals surface area contributed by atoms with E-state index in [4.69, 9.17) is 0 Å². The lowest BCUT2D eigenvalue weighted by molar-refractivity contribution is 0.190. The Morgan fingerprint density at radius 3 is 2.45 bits per heavy atom. The molecule has 1 aliphatic heterocycles. The number of aromatic hydroxyl groups is 1. The van der Waals surface area contributed by atoms with E-state index in [9.17, 15) is 23.7 Å². The molecule has 0 bridgehead atoms. The van der Waals surface area contributed by atoms with Crippen LogP contribution in [-0.2, 0) is 9.84 Å². The van der Waals surface area contributed by atoms with Crippen LogP contribution in [0.4, 0.5) is 0 Å². The number of allylic oxidation sites excluding steroid dienone is 1. The highest BCUT2D eigenvalue weighted by Gasteiger charge is 2.40. The van der Waals surface area contributed by atoms with Gasteiger partial charge in [0.05, 0.1) is 18.5 Å². The molecular formula is C25H30O5S. The molecule has 0 unspecified atom stereocenters. The highest BCUT2D eigenvalue weighted by Crippen LogP contribution is 2.35. The van der Waals surface area contributed by atoms with E-state index in [2.05, 4.69) is 0 Å². The smallest absolute Gasteiger partial charge is 0.163 e. The van der Waals surface area contributed by atoms with E-state index < -0.39 is 27.8 Å². The van der Waals surface area contributed by atoms with Gasteiger partial charge in [-0.2, -0.15) is 0 Å². The van der Waals surface area contributed by atoms with Crippen molar-refractivity contribution in [2.24, 2.45) is 0 Å². The lowest BCUT2D eigenvalue weighted by Crippen LogP contribution is -2.29. The summed E-state index contributed by atoms with van der Waals surface area (Å²) in [6, 6.07) is 16.8. The van der Waals surface area contributed by atoms with Crippen LogP contribution in [0, 0.1) is 0 Å². The number of hydrogen-bond donors (Lipinski definition) is 3. The molecule has 0 spiro atoms. The van der Waals surface area contributed by atoms with Gasteiger partial charge in [-0.05, 0) is 48.1 Å². The van der Waals surface area contributed by atoms with Crippen molar-refractivity contribution in [1.29, 1.82) is 0 Å². The Morgan fingerprint density at radius 2 is 1.81 bits per heavy atom. The minimum atomic E-state index is -3.48. The van der Waals surface area contributed by atoms with Crippen molar-refractivity contribution in [3.63, 3.8) is 0 Å². The van der Waals surface area contributed by atoms with Gasteiger partial charge >= 0.3 is 0 Å². The third-order valence-corrected chi connectivity index (χ3v) is 7.76. The molecule has 0 fully saturated rings. The molecule has 3 rings (SSSR count). The third kappa shape index (κ3) is 5.45. The maximum atomic E-state index is 12.5. The molecule has 6 heteroatoms. The van der Waals surface area contributed by atoms with Crippen molar-refractivity contribution in [2.75, 3.05) is 12.4 Å². The normalized spacial score (nSPS) is 19.6. The monoisotopic (exact) mass is 442 g/mol. The largest absolute Gasteiger partial charge is 0.507 e. The topological polar surface area (TPSA) is 94.8 Å². The Hall–Kier alpha value is -2.41. The van der Waals surface area contributed by atoms with Crippen molar-refractivity contribution >= 4 is 21.5 Å². The van der Waals surface area contributed by atoms with E-state index in [1.54, 1.807) is 12.1 Å². The van der Waals surface area contributed by atoms with Gasteiger partial charge in [-0.3, -0.25) is 0 Å². The van der Waals surface area contributed by atoms with E-state index in [0.29, 0.717) is 30.4 Å². The Bertz CT molecular complexity index is 1050. The molecule has 1 heterocycles. The van der Waals surface area contributed by atoms with Crippen molar-refractivity contribution in [1.82, 2.24) is 0 Å². The average molecular weight is 443 g/mol. The molecule has 2 atom stereocenters. The lowest BCUT2D eigenvalue weighted by atomic mass is 9.91. The van der Waals surface area contributed by atoms with Gasteiger partial charge < -0.3 is 15.3 Å². The Kier molecular flexibility index (Phi) is 7.70. The maximum Gasteiger partial charge on any atom is 0.163 e. The van der Waals surface area contributed by atoms with Crippen LogP contribution >= 0.6 is 0 Å². The number of phenols is 1. The fourth-order valence-electron chi connectivity index (χ4n) is 4.23. The first-order valence-corrected chi connectivity index (χ1v) is 12.3. The number of phenolic OH excluding ortho intramolecular Hbond substituents is 1. The predicted molar refractivity (Wildman–Crippen MR) is 124 cm³/mol. The van der Waals surface area contributed by atoms with Gasteiger partial charge in [0, 0.05) is 5.56 Å². The zero-order chi connectivity index (χ0) is 22.4. The van der Waals surface area contributed by atoms with E-state index >= 15 is 0 Å². The summed E-state index contributed by atoms with van der Waals surface area (Å²) in [6.07, 6.45) is 3.13. The summed E-state index contributed by atoms with van der Waals surface area (Å²) in [5, 5.41) is 29.9. The Labute approximate surface area is 184 Å². The second kappa shape index (κ2) is 10.3. The standard InChI is InChI=1S/C25H30O5S/c1-2-8-21-17-31(29,30)24(16-26)25(21)23(28)14-13-19(18-9-4-3-5-10-18)15-20-11-6-7-12-22(20)27/h3-7,9-12,15,23-24,26-28H,2,8,13-14,16-17H2,1H3/b19-15-/t23-,24+/m1/s1. The molecule has 3 N–H and O–H groups in total. The minimum absolute atomic E-state index is 0.0856. The number of para-hydroxylation sites is 1. The molecule has 0 aromatic heterocycles. The zero-order valence-electron chi connectivity index (χ0n) is 17.7. The van der Waals surface area contributed by atoms with E-state index in [1.165, 1.54) is 0 Å². The molecule has 2 aromatic carbocycles. The van der Waals surface area contributed by atoms with Gasteiger partial charge in [0.25, 0.3) is 0 Å². The molecular weight excluding hydrogens is 412 g/mol. The number of aliphatic hydroxyl groups excluding tert-OH is 2. The van der Waals surface area contributed by atoms with Crippen LogP contribution in [0.25, 0.3) is 11.6 Å². The molecule has 31 heavy (non-hydrogen) atoms. The van der Waals surface area contributed by atoms with Crippen molar-refractivity contribution in [3.05, 3.63) is 76.9 Å². The van der Waals surface area contributed by atoms with E-state index in [0.717, 1.165) is 23.1 Å². The first kappa shape index (κ1) is 23.3. The van der Waals surface area contributed by atoms with Gasteiger partial charge in [0.2, 0.25) is 0 Å². The summed E-state index contributed by atoms with van der Waals surface area (Å²) in [4.78, 5) is 0. The highest BCUT2D eigenvalue weighted by molar-refractivity contribution is 7.92. The molecule has 0 saturated heterocycles. The fourth-order valence-corrected chi connectivity index (χ4v) is 6.16. The minimum Gasteiger partial charge on any atom is -0.507 e. The number of benzene rings is 2. The number of aliphatic hydroxyl groups is 2. The van der Waals surface area contributed by atoms with Gasteiger partial charge in [-0.15, -0.1) is 0 Å². The summed E-state index contributed by atoms with van der Waals surface area (Å²) in [7, 11) is -3.48. The fraction of sp³-hybridized carbons (Fsp3) is 0.360. The van der Waals surface area contributed by atoms with Crippen molar-refractivity contribution in [3.8, 4) is 5.75 Å². The molecule has 2 aromatic rings. The van der Waals surface area contributed by atoms with Gasteiger partial charge in [0.1, 0.15) is 11.0 Å². The summed E-state index contributed by atoms with van der Waals surface area (Å²) in [6.45, 7) is 1.46. The molecule has 0 saturated carbocycles. The predicted octanol–water partition coefficient (Wildman–Crippen LogP) is 3.96. The van der Waals surface area contributed by atoms with Gasteiger partial charge in [-0.25, -0.2) is 8.42 Å². The second-order valence-corrected chi connectivity index (χ2v) is 10.1. The van der Waals surface area contributed by atoms with Crippen LogP contribution in [0.3, 0.4) is 0 Å². The zero-order valence-corrected chi connectivity index (χ0v) is 18.6. The number of rotatable bonds is 9.